The molecule has 112 valence electrons. The number of halogens is 4. The third-order valence-electron chi connectivity index (χ3n) is 3.35. The van der Waals surface area contributed by atoms with E-state index in [1.54, 1.807) is 4.90 Å². The predicted molar refractivity (Wildman–Crippen MR) is 75.9 cm³/mol. The van der Waals surface area contributed by atoms with Crippen LogP contribution in [0, 0.1) is 0 Å². The van der Waals surface area contributed by atoms with Gasteiger partial charge in [0.05, 0.1) is 5.56 Å². The van der Waals surface area contributed by atoms with Crippen molar-refractivity contribution >= 4 is 21.7 Å². The van der Waals surface area contributed by atoms with E-state index in [0.29, 0.717) is 17.6 Å². The fourth-order valence-electron chi connectivity index (χ4n) is 2.48. The Bertz CT molecular complexity index is 459. The van der Waals surface area contributed by atoms with Crippen LogP contribution in [0.5, 0.6) is 0 Å². The topological polar surface area (TPSA) is 28.2 Å². The highest BCUT2D eigenvalue weighted by atomic mass is 79.9. The molecule has 3 nitrogen and oxygen atoms in total. The quantitative estimate of drug-likeness (QED) is 0.900. The Morgan fingerprint density at radius 1 is 1.50 bits per heavy atom. The van der Waals surface area contributed by atoms with Gasteiger partial charge in [-0.05, 0) is 41.4 Å². The maximum absolute atomic E-state index is 13.2. The van der Waals surface area contributed by atoms with Crippen molar-refractivity contribution in [1.82, 2.24) is 10.3 Å². The molecule has 2 rings (SSSR count). The van der Waals surface area contributed by atoms with E-state index in [2.05, 4.69) is 26.2 Å². The normalized spacial score (nSPS) is 19.4. The van der Waals surface area contributed by atoms with Gasteiger partial charge >= 0.3 is 6.18 Å². The molecule has 1 aliphatic heterocycles. The zero-order chi connectivity index (χ0) is 14.8. The molecular formula is C13H17BrF3N3. The lowest BCUT2D eigenvalue weighted by Gasteiger charge is -2.31. The summed E-state index contributed by atoms with van der Waals surface area (Å²) in [6, 6.07) is 1.18. The van der Waals surface area contributed by atoms with Crippen molar-refractivity contribution in [2.75, 3.05) is 24.5 Å². The Balaban J connectivity index is 2.41. The smallest absolute Gasteiger partial charge is 0.352 e. The summed E-state index contributed by atoms with van der Waals surface area (Å²) in [5.74, 6) is 0.0382. The molecule has 0 aromatic carbocycles. The van der Waals surface area contributed by atoms with Crippen LogP contribution in [0.3, 0.4) is 0 Å². The van der Waals surface area contributed by atoms with Crippen LogP contribution in [0.1, 0.15) is 25.3 Å². The highest BCUT2D eigenvalue weighted by Gasteiger charge is 2.37. The van der Waals surface area contributed by atoms with Crippen molar-refractivity contribution in [3.8, 4) is 0 Å². The Labute approximate surface area is 124 Å². The van der Waals surface area contributed by atoms with E-state index in [0.717, 1.165) is 25.5 Å². The Morgan fingerprint density at radius 2 is 2.25 bits per heavy atom. The van der Waals surface area contributed by atoms with Crippen molar-refractivity contribution in [3.05, 3.63) is 22.3 Å². The molecular weight excluding hydrogens is 335 g/mol. The van der Waals surface area contributed by atoms with Gasteiger partial charge in [0.15, 0.2) is 0 Å². The molecule has 2 heterocycles. The second-order valence-electron chi connectivity index (χ2n) is 4.86. The molecule has 1 aromatic heterocycles. The average Bonchev–Trinajstić information content (AvgIpc) is 2.89. The van der Waals surface area contributed by atoms with Gasteiger partial charge in [-0.25, -0.2) is 4.98 Å². The standard InChI is InChI=1S/C13H17BrF3N3/c1-2-5-20(10-3-4-18-8-10)12-11(13(15,16)17)6-9(14)7-19-12/h6-7,10,18H,2-5,8H2,1H3. The number of pyridine rings is 1. The van der Waals surface area contributed by atoms with Crippen molar-refractivity contribution in [2.24, 2.45) is 0 Å². The summed E-state index contributed by atoms with van der Waals surface area (Å²) in [6.45, 7) is 4.07. The lowest BCUT2D eigenvalue weighted by molar-refractivity contribution is -0.137. The molecule has 0 radical (unpaired) electrons. The largest absolute Gasteiger partial charge is 0.419 e. The molecule has 1 atom stereocenters. The summed E-state index contributed by atoms with van der Waals surface area (Å²) in [5, 5.41) is 3.19. The van der Waals surface area contributed by atoms with Gasteiger partial charge in [0.1, 0.15) is 5.82 Å². The van der Waals surface area contributed by atoms with Crippen LogP contribution in [0.25, 0.3) is 0 Å². The summed E-state index contributed by atoms with van der Waals surface area (Å²) in [6.07, 6.45) is -1.35. The molecule has 0 aliphatic carbocycles. The fourth-order valence-corrected chi connectivity index (χ4v) is 2.81. The first-order valence-corrected chi connectivity index (χ1v) is 7.43. The number of alkyl halides is 3. The van der Waals surface area contributed by atoms with Gasteiger partial charge in [-0.3, -0.25) is 0 Å². The number of anilines is 1. The summed E-state index contributed by atoms with van der Waals surface area (Å²) in [5.41, 5.74) is -0.674. The van der Waals surface area contributed by atoms with Crippen LogP contribution in [0.2, 0.25) is 0 Å². The van der Waals surface area contributed by atoms with E-state index in [9.17, 15) is 13.2 Å². The minimum atomic E-state index is -4.40. The predicted octanol–water partition coefficient (Wildman–Crippen LogP) is 3.44. The molecule has 0 spiro atoms. The maximum Gasteiger partial charge on any atom is 0.419 e. The Morgan fingerprint density at radius 3 is 2.80 bits per heavy atom. The van der Waals surface area contributed by atoms with Gasteiger partial charge in [-0.2, -0.15) is 13.2 Å². The number of aromatic nitrogens is 1. The first-order valence-electron chi connectivity index (χ1n) is 6.63. The lowest BCUT2D eigenvalue weighted by Crippen LogP contribution is -2.39. The van der Waals surface area contributed by atoms with Crippen LogP contribution < -0.4 is 10.2 Å². The Kier molecular flexibility index (Phi) is 4.90. The molecule has 1 aromatic rings. The zero-order valence-electron chi connectivity index (χ0n) is 11.2. The minimum Gasteiger partial charge on any atom is -0.352 e. The van der Waals surface area contributed by atoms with E-state index < -0.39 is 11.7 Å². The van der Waals surface area contributed by atoms with Gasteiger partial charge in [0, 0.05) is 29.8 Å². The number of rotatable bonds is 4. The lowest BCUT2D eigenvalue weighted by atomic mass is 10.1. The maximum atomic E-state index is 13.2. The van der Waals surface area contributed by atoms with Crippen LogP contribution in [0.4, 0.5) is 19.0 Å². The summed E-state index contributed by atoms with van der Waals surface area (Å²) in [4.78, 5) is 5.83. The summed E-state index contributed by atoms with van der Waals surface area (Å²) in [7, 11) is 0. The second-order valence-corrected chi connectivity index (χ2v) is 5.78. The van der Waals surface area contributed by atoms with Gasteiger partial charge in [-0.15, -0.1) is 0 Å². The molecule has 1 aliphatic rings. The van der Waals surface area contributed by atoms with Crippen LogP contribution in [-0.4, -0.2) is 30.7 Å². The van der Waals surface area contributed by atoms with Crippen LogP contribution in [-0.2, 0) is 6.18 Å². The van der Waals surface area contributed by atoms with Crippen LogP contribution >= 0.6 is 15.9 Å². The fraction of sp³-hybridized carbons (Fsp3) is 0.615. The van der Waals surface area contributed by atoms with Crippen molar-refractivity contribution < 1.29 is 13.2 Å². The molecule has 7 heteroatoms. The first-order chi connectivity index (χ1) is 9.43. The van der Waals surface area contributed by atoms with Crippen molar-refractivity contribution in [2.45, 2.75) is 32.0 Å². The highest BCUT2D eigenvalue weighted by molar-refractivity contribution is 9.10. The molecule has 1 fully saturated rings. The number of nitrogens with zero attached hydrogens (tertiary/aromatic N) is 2. The average molecular weight is 352 g/mol. The van der Waals surface area contributed by atoms with Gasteiger partial charge in [0.2, 0.25) is 0 Å². The second kappa shape index (κ2) is 6.30. The molecule has 0 amide bonds. The van der Waals surface area contributed by atoms with E-state index in [1.807, 2.05) is 6.92 Å². The molecule has 1 saturated heterocycles. The summed E-state index contributed by atoms with van der Waals surface area (Å²) >= 11 is 3.07. The monoisotopic (exact) mass is 351 g/mol. The number of nitrogens with one attached hydrogen (secondary N) is 1. The van der Waals surface area contributed by atoms with Crippen molar-refractivity contribution in [3.63, 3.8) is 0 Å². The van der Waals surface area contributed by atoms with Crippen molar-refractivity contribution in [1.29, 1.82) is 0 Å². The van der Waals surface area contributed by atoms with Gasteiger partial charge < -0.3 is 10.2 Å². The zero-order valence-corrected chi connectivity index (χ0v) is 12.8. The number of hydrogen-bond donors (Lipinski definition) is 1. The molecule has 1 N–H and O–H groups in total. The SMILES string of the molecule is CCCN(c1ncc(Br)cc1C(F)(F)F)C1CCNC1. The van der Waals surface area contributed by atoms with Gasteiger partial charge in [-0.1, -0.05) is 6.92 Å². The highest BCUT2D eigenvalue weighted by Crippen LogP contribution is 2.37. The van der Waals surface area contributed by atoms with E-state index in [-0.39, 0.29) is 11.9 Å². The molecule has 0 saturated carbocycles. The van der Waals surface area contributed by atoms with E-state index in [4.69, 9.17) is 0 Å². The van der Waals surface area contributed by atoms with Gasteiger partial charge in [0.25, 0.3) is 0 Å². The third-order valence-corrected chi connectivity index (χ3v) is 3.78. The number of hydrogen-bond acceptors (Lipinski definition) is 3. The van der Waals surface area contributed by atoms with E-state index >= 15 is 0 Å². The molecule has 1 unspecified atom stereocenters. The third kappa shape index (κ3) is 3.44. The molecule has 20 heavy (non-hydrogen) atoms. The minimum absolute atomic E-state index is 0.0382. The van der Waals surface area contributed by atoms with E-state index in [1.165, 1.54) is 6.20 Å². The summed E-state index contributed by atoms with van der Waals surface area (Å²) < 4.78 is 40.0. The van der Waals surface area contributed by atoms with Crippen LogP contribution in [0.15, 0.2) is 16.7 Å². The molecule has 0 bridgehead atoms. The first kappa shape index (κ1) is 15.6. The Hall–Kier alpha value is -0.820.